The Bertz CT molecular complexity index is 625. The first kappa shape index (κ1) is 13.1. The van der Waals surface area contributed by atoms with E-state index in [1.165, 1.54) is 6.07 Å². The Balaban J connectivity index is 2.69. The van der Waals surface area contributed by atoms with Crippen LogP contribution in [0.25, 0.3) is 0 Å². The Hall–Kier alpha value is -1.36. The summed E-state index contributed by atoms with van der Waals surface area (Å²) in [6, 6.07) is 3.13. The zero-order valence-electron chi connectivity index (χ0n) is 10.6. The molecule has 0 amide bonds. The van der Waals surface area contributed by atoms with E-state index in [1.54, 1.807) is 6.07 Å². The van der Waals surface area contributed by atoms with Gasteiger partial charge in [0.05, 0.1) is 10.3 Å². The molecule has 98 valence electrons. The minimum Gasteiger partial charge on any atom is -0.481 e. The summed E-state index contributed by atoms with van der Waals surface area (Å²) < 4.78 is 23.2. The van der Waals surface area contributed by atoms with Crippen molar-refractivity contribution in [1.29, 1.82) is 0 Å². The third-order valence-electron chi connectivity index (χ3n) is 3.74. The molecule has 0 saturated heterocycles. The Kier molecular flexibility index (Phi) is 2.77. The van der Waals surface area contributed by atoms with Gasteiger partial charge >= 0.3 is 5.97 Å². The van der Waals surface area contributed by atoms with Crippen molar-refractivity contribution in [2.75, 3.05) is 6.26 Å². The van der Waals surface area contributed by atoms with Crippen LogP contribution in [0.2, 0.25) is 0 Å². The molecule has 1 aromatic carbocycles. The lowest BCUT2D eigenvalue weighted by molar-refractivity contribution is -0.140. The van der Waals surface area contributed by atoms with E-state index in [9.17, 15) is 18.3 Å². The smallest absolute Gasteiger partial charge is 0.314 e. The minimum atomic E-state index is -3.32. The van der Waals surface area contributed by atoms with Crippen molar-refractivity contribution in [3.8, 4) is 0 Å². The van der Waals surface area contributed by atoms with E-state index in [-0.39, 0.29) is 4.90 Å². The summed E-state index contributed by atoms with van der Waals surface area (Å²) in [6.45, 7) is 3.66. The summed E-state index contributed by atoms with van der Waals surface area (Å²) in [4.78, 5) is 11.6. The molecule has 0 aliphatic heterocycles. The summed E-state index contributed by atoms with van der Waals surface area (Å²) in [6.07, 6.45) is 2.30. The number of carboxylic acid groups (broad SMARTS) is 1. The predicted molar refractivity (Wildman–Crippen MR) is 67.6 cm³/mol. The van der Waals surface area contributed by atoms with Crippen LogP contribution in [0.15, 0.2) is 17.0 Å². The number of sulfone groups is 1. The number of aliphatic carboxylic acids is 1. The van der Waals surface area contributed by atoms with Crippen molar-refractivity contribution >= 4 is 15.8 Å². The fourth-order valence-corrected chi connectivity index (χ4v) is 2.98. The van der Waals surface area contributed by atoms with E-state index in [0.29, 0.717) is 18.4 Å². The Morgan fingerprint density at radius 1 is 1.28 bits per heavy atom. The van der Waals surface area contributed by atoms with Crippen molar-refractivity contribution < 1.29 is 18.3 Å². The fourth-order valence-electron chi connectivity index (χ4n) is 2.26. The number of hydrogen-bond donors (Lipinski definition) is 1. The first-order chi connectivity index (χ1) is 8.18. The van der Waals surface area contributed by atoms with Crippen molar-refractivity contribution in [2.45, 2.75) is 37.0 Å². The lowest BCUT2D eigenvalue weighted by Crippen LogP contribution is -2.21. The molecule has 2 rings (SSSR count). The Labute approximate surface area is 107 Å². The number of benzene rings is 1. The SMILES string of the molecule is Cc1cc(S(C)(=O)=O)cc(C2(C(=O)O)CC2)c1C. The van der Waals surface area contributed by atoms with Gasteiger partial charge in [-0.1, -0.05) is 0 Å². The Morgan fingerprint density at radius 2 is 1.83 bits per heavy atom. The number of hydrogen-bond acceptors (Lipinski definition) is 3. The lowest BCUT2D eigenvalue weighted by atomic mass is 9.90. The molecule has 1 aromatic rings. The first-order valence-electron chi connectivity index (χ1n) is 5.74. The molecular weight excluding hydrogens is 252 g/mol. The largest absolute Gasteiger partial charge is 0.481 e. The van der Waals surface area contributed by atoms with Gasteiger partial charge in [-0.25, -0.2) is 8.42 Å². The van der Waals surface area contributed by atoms with Crippen LogP contribution in [0.3, 0.4) is 0 Å². The molecule has 0 atom stereocenters. The van der Waals surface area contributed by atoms with Gasteiger partial charge in [-0.3, -0.25) is 4.79 Å². The highest BCUT2D eigenvalue weighted by molar-refractivity contribution is 7.90. The maximum atomic E-state index is 11.6. The third-order valence-corrected chi connectivity index (χ3v) is 4.84. The summed E-state index contributed by atoms with van der Waals surface area (Å²) in [5, 5.41) is 9.32. The summed E-state index contributed by atoms with van der Waals surface area (Å²) in [5.41, 5.74) is 1.48. The second kappa shape index (κ2) is 3.82. The number of aryl methyl sites for hydroxylation is 1. The van der Waals surface area contributed by atoms with E-state index < -0.39 is 21.2 Å². The normalized spacial score (nSPS) is 17.5. The average molecular weight is 268 g/mol. The van der Waals surface area contributed by atoms with Gasteiger partial charge in [0.15, 0.2) is 9.84 Å². The molecule has 0 radical (unpaired) electrons. The lowest BCUT2D eigenvalue weighted by Gasteiger charge is -2.17. The Morgan fingerprint density at radius 3 is 2.22 bits per heavy atom. The van der Waals surface area contributed by atoms with Crippen LogP contribution < -0.4 is 0 Å². The van der Waals surface area contributed by atoms with Gasteiger partial charge in [-0.15, -0.1) is 0 Å². The summed E-state index contributed by atoms with van der Waals surface area (Å²) in [7, 11) is -3.32. The standard InChI is InChI=1S/C13H16O4S/c1-8-6-10(18(3,16)17)7-11(9(8)2)13(4-5-13)12(14)15/h6-7H,4-5H2,1-3H3,(H,14,15). The molecule has 0 spiro atoms. The van der Waals surface area contributed by atoms with Crippen molar-refractivity contribution in [3.63, 3.8) is 0 Å². The average Bonchev–Trinajstić information content (AvgIpc) is 3.01. The molecule has 1 aliphatic carbocycles. The first-order valence-corrected chi connectivity index (χ1v) is 7.63. The van der Waals surface area contributed by atoms with Crippen molar-refractivity contribution in [3.05, 3.63) is 28.8 Å². The third kappa shape index (κ3) is 1.92. The highest BCUT2D eigenvalue weighted by Crippen LogP contribution is 2.50. The number of carboxylic acids is 1. The fraction of sp³-hybridized carbons (Fsp3) is 0.462. The zero-order chi connectivity index (χ0) is 13.7. The molecule has 0 unspecified atom stereocenters. The van der Waals surface area contributed by atoms with Crippen LogP contribution in [0, 0.1) is 13.8 Å². The zero-order valence-corrected chi connectivity index (χ0v) is 11.5. The van der Waals surface area contributed by atoms with Crippen LogP contribution in [0.5, 0.6) is 0 Å². The van der Waals surface area contributed by atoms with Gasteiger partial charge < -0.3 is 5.11 Å². The van der Waals surface area contributed by atoms with Crippen molar-refractivity contribution in [1.82, 2.24) is 0 Å². The second-order valence-electron chi connectivity index (χ2n) is 5.07. The monoisotopic (exact) mass is 268 g/mol. The molecule has 1 fully saturated rings. The van der Waals surface area contributed by atoms with E-state index in [1.807, 2.05) is 13.8 Å². The van der Waals surface area contributed by atoms with Crippen LogP contribution in [-0.2, 0) is 20.0 Å². The van der Waals surface area contributed by atoms with Gasteiger partial charge in [0.1, 0.15) is 0 Å². The van der Waals surface area contributed by atoms with Gasteiger partial charge in [0, 0.05) is 6.26 Å². The van der Waals surface area contributed by atoms with Crippen LogP contribution in [0.4, 0.5) is 0 Å². The second-order valence-corrected chi connectivity index (χ2v) is 7.09. The molecule has 0 aromatic heterocycles. The molecular formula is C13H16O4S. The number of rotatable bonds is 3. The highest BCUT2D eigenvalue weighted by atomic mass is 32.2. The molecule has 4 nitrogen and oxygen atoms in total. The van der Waals surface area contributed by atoms with E-state index >= 15 is 0 Å². The van der Waals surface area contributed by atoms with E-state index in [4.69, 9.17) is 0 Å². The maximum Gasteiger partial charge on any atom is 0.314 e. The van der Waals surface area contributed by atoms with Crippen molar-refractivity contribution in [2.24, 2.45) is 0 Å². The molecule has 1 saturated carbocycles. The van der Waals surface area contributed by atoms with Gasteiger partial charge in [-0.05, 0) is 55.5 Å². The maximum absolute atomic E-state index is 11.6. The molecule has 0 bridgehead atoms. The van der Waals surface area contributed by atoms with E-state index in [2.05, 4.69) is 0 Å². The highest BCUT2D eigenvalue weighted by Gasteiger charge is 2.52. The van der Waals surface area contributed by atoms with Gasteiger partial charge in [0.25, 0.3) is 0 Å². The van der Waals surface area contributed by atoms with Crippen LogP contribution in [-0.4, -0.2) is 25.7 Å². The minimum absolute atomic E-state index is 0.202. The number of carbonyl (C=O) groups is 1. The summed E-state index contributed by atoms with van der Waals surface area (Å²) in [5.74, 6) is -0.865. The van der Waals surface area contributed by atoms with E-state index in [0.717, 1.165) is 17.4 Å². The molecule has 1 aliphatic rings. The van der Waals surface area contributed by atoms with Gasteiger partial charge in [-0.2, -0.15) is 0 Å². The molecule has 18 heavy (non-hydrogen) atoms. The molecule has 0 heterocycles. The quantitative estimate of drug-likeness (QED) is 0.907. The topological polar surface area (TPSA) is 71.4 Å². The molecule has 1 N–H and O–H groups in total. The summed E-state index contributed by atoms with van der Waals surface area (Å²) >= 11 is 0. The van der Waals surface area contributed by atoms with Crippen LogP contribution in [0.1, 0.15) is 29.5 Å². The van der Waals surface area contributed by atoms with Gasteiger partial charge in [0.2, 0.25) is 0 Å². The van der Waals surface area contributed by atoms with Crippen LogP contribution >= 0.6 is 0 Å². The predicted octanol–water partition coefficient (Wildman–Crippen LogP) is 1.82. The molecule has 5 heteroatoms.